The minimum absolute atomic E-state index is 0.228. The lowest BCUT2D eigenvalue weighted by atomic mass is 10.1. The summed E-state index contributed by atoms with van der Waals surface area (Å²) < 4.78 is 36.6. The number of rotatable bonds is 5. The van der Waals surface area contributed by atoms with Crippen molar-refractivity contribution in [3.05, 3.63) is 23.8 Å². The monoisotopic (exact) mass is 303 g/mol. The zero-order chi connectivity index (χ0) is 16.2. The van der Waals surface area contributed by atoms with E-state index in [0.29, 0.717) is 11.4 Å². The first-order valence-corrected chi connectivity index (χ1v) is 6.54. The first kappa shape index (κ1) is 17.3. The Morgan fingerprint density at radius 3 is 2.62 bits per heavy atom. The maximum atomic E-state index is 12.2. The standard InChI is InChI=1S/C14H20F3N3O/c1-9-4-5-11(18)8-12(9)19-13(21)10(2)20(3)7-6-14(15,16)17/h4-5,8,10H,6-7,18H2,1-3H3,(H,19,21). The van der Waals surface area contributed by atoms with Gasteiger partial charge in [-0.25, -0.2) is 0 Å². The second-order valence-electron chi connectivity index (χ2n) is 5.09. The molecule has 0 aliphatic carbocycles. The molecule has 1 amide bonds. The number of alkyl halides is 3. The molecule has 1 aromatic carbocycles. The number of likely N-dealkylation sites (N-methyl/N-ethyl adjacent to an activating group) is 1. The van der Waals surface area contributed by atoms with Crippen LogP contribution in [-0.4, -0.2) is 36.6 Å². The van der Waals surface area contributed by atoms with Crippen LogP contribution < -0.4 is 11.1 Å². The van der Waals surface area contributed by atoms with Crippen LogP contribution in [-0.2, 0) is 4.79 Å². The van der Waals surface area contributed by atoms with Gasteiger partial charge in [0.25, 0.3) is 0 Å². The number of nitrogen functional groups attached to an aromatic ring is 1. The van der Waals surface area contributed by atoms with Crippen molar-refractivity contribution in [3.8, 4) is 0 Å². The van der Waals surface area contributed by atoms with Crippen LogP contribution in [0.25, 0.3) is 0 Å². The predicted octanol–water partition coefficient (Wildman–Crippen LogP) is 2.79. The Morgan fingerprint density at radius 2 is 2.05 bits per heavy atom. The molecule has 0 fully saturated rings. The van der Waals surface area contributed by atoms with Gasteiger partial charge in [-0.2, -0.15) is 13.2 Å². The van der Waals surface area contributed by atoms with Gasteiger partial charge in [0, 0.05) is 17.9 Å². The molecule has 0 spiro atoms. The van der Waals surface area contributed by atoms with Gasteiger partial charge in [0.1, 0.15) is 0 Å². The van der Waals surface area contributed by atoms with Crippen LogP contribution in [0, 0.1) is 6.92 Å². The van der Waals surface area contributed by atoms with Crippen molar-refractivity contribution in [1.82, 2.24) is 4.90 Å². The van der Waals surface area contributed by atoms with Crippen LogP contribution in [0.4, 0.5) is 24.5 Å². The molecule has 0 saturated carbocycles. The van der Waals surface area contributed by atoms with Gasteiger partial charge in [0.2, 0.25) is 5.91 Å². The fraction of sp³-hybridized carbons (Fsp3) is 0.500. The molecule has 1 aromatic rings. The molecule has 3 N–H and O–H groups in total. The summed E-state index contributed by atoms with van der Waals surface area (Å²) >= 11 is 0. The molecule has 1 rings (SSSR count). The third-order valence-electron chi connectivity index (χ3n) is 3.31. The maximum absolute atomic E-state index is 12.2. The lowest BCUT2D eigenvalue weighted by Gasteiger charge is -2.24. The molecular weight excluding hydrogens is 283 g/mol. The highest BCUT2D eigenvalue weighted by Crippen LogP contribution is 2.21. The zero-order valence-corrected chi connectivity index (χ0v) is 12.3. The Kier molecular flexibility index (Phi) is 5.60. The molecule has 118 valence electrons. The van der Waals surface area contributed by atoms with Crippen LogP contribution >= 0.6 is 0 Å². The third kappa shape index (κ3) is 5.63. The number of amides is 1. The van der Waals surface area contributed by atoms with E-state index in [2.05, 4.69) is 5.32 Å². The summed E-state index contributed by atoms with van der Waals surface area (Å²) in [6.07, 6.45) is -5.17. The summed E-state index contributed by atoms with van der Waals surface area (Å²) in [7, 11) is 1.49. The van der Waals surface area contributed by atoms with E-state index < -0.39 is 18.6 Å². The Hall–Kier alpha value is -1.76. The Balaban J connectivity index is 2.64. The molecule has 0 aliphatic rings. The van der Waals surface area contributed by atoms with Crippen molar-refractivity contribution in [2.24, 2.45) is 0 Å². The van der Waals surface area contributed by atoms with E-state index in [1.54, 1.807) is 25.1 Å². The lowest BCUT2D eigenvalue weighted by Crippen LogP contribution is -2.41. The third-order valence-corrected chi connectivity index (χ3v) is 3.31. The van der Waals surface area contributed by atoms with E-state index >= 15 is 0 Å². The number of carbonyl (C=O) groups excluding carboxylic acids is 1. The van der Waals surface area contributed by atoms with Gasteiger partial charge in [0.15, 0.2) is 0 Å². The van der Waals surface area contributed by atoms with Gasteiger partial charge in [0.05, 0.1) is 12.5 Å². The fourth-order valence-corrected chi connectivity index (χ4v) is 1.71. The number of hydrogen-bond donors (Lipinski definition) is 2. The summed E-state index contributed by atoms with van der Waals surface area (Å²) in [4.78, 5) is 13.4. The summed E-state index contributed by atoms with van der Waals surface area (Å²) in [5, 5.41) is 2.69. The molecule has 0 heterocycles. The van der Waals surface area contributed by atoms with E-state index in [1.807, 2.05) is 6.92 Å². The summed E-state index contributed by atoms with van der Waals surface area (Å²) in [5.41, 5.74) is 7.56. The molecule has 0 aromatic heterocycles. The molecule has 0 bridgehead atoms. The number of anilines is 2. The molecule has 0 saturated heterocycles. The highest BCUT2D eigenvalue weighted by molar-refractivity contribution is 5.95. The Morgan fingerprint density at radius 1 is 1.43 bits per heavy atom. The van der Waals surface area contributed by atoms with E-state index in [0.717, 1.165) is 5.56 Å². The highest BCUT2D eigenvalue weighted by atomic mass is 19.4. The molecule has 0 aliphatic heterocycles. The fourth-order valence-electron chi connectivity index (χ4n) is 1.71. The second-order valence-corrected chi connectivity index (χ2v) is 5.09. The normalized spacial score (nSPS) is 13.3. The van der Waals surface area contributed by atoms with E-state index in [9.17, 15) is 18.0 Å². The van der Waals surface area contributed by atoms with Crippen molar-refractivity contribution in [3.63, 3.8) is 0 Å². The van der Waals surface area contributed by atoms with Crippen LogP contribution in [0.5, 0.6) is 0 Å². The summed E-state index contributed by atoms with van der Waals surface area (Å²) in [6.45, 7) is 3.15. The summed E-state index contributed by atoms with van der Waals surface area (Å²) in [6, 6.07) is 4.43. The number of nitrogens with zero attached hydrogens (tertiary/aromatic N) is 1. The number of nitrogens with two attached hydrogens (primary N) is 1. The molecule has 7 heteroatoms. The van der Waals surface area contributed by atoms with Gasteiger partial charge in [-0.1, -0.05) is 6.07 Å². The van der Waals surface area contributed by atoms with E-state index in [-0.39, 0.29) is 12.5 Å². The van der Waals surface area contributed by atoms with Gasteiger partial charge in [-0.15, -0.1) is 0 Å². The number of benzene rings is 1. The first-order chi connectivity index (χ1) is 9.60. The van der Waals surface area contributed by atoms with Crippen LogP contribution in [0.3, 0.4) is 0 Å². The predicted molar refractivity (Wildman–Crippen MR) is 77.0 cm³/mol. The number of carbonyl (C=O) groups is 1. The second kappa shape index (κ2) is 6.80. The van der Waals surface area contributed by atoms with Crippen molar-refractivity contribution in [2.45, 2.75) is 32.5 Å². The number of aryl methyl sites for hydroxylation is 1. The van der Waals surface area contributed by atoms with E-state index in [1.165, 1.54) is 11.9 Å². The average Bonchev–Trinajstić information content (AvgIpc) is 2.38. The van der Waals surface area contributed by atoms with Crippen LogP contribution in [0.1, 0.15) is 18.9 Å². The number of nitrogens with one attached hydrogen (secondary N) is 1. The molecule has 21 heavy (non-hydrogen) atoms. The first-order valence-electron chi connectivity index (χ1n) is 6.54. The van der Waals surface area contributed by atoms with E-state index in [4.69, 9.17) is 5.73 Å². The number of halogens is 3. The average molecular weight is 303 g/mol. The Labute approximate surface area is 122 Å². The quantitative estimate of drug-likeness (QED) is 0.822. The van der Waals surface area contributed by atoms with Crippen molar-refractivity contribution >= 4 is 17.3 Å². The molecule has 1 atom stereocenters. The molecule has 1 unspecified atom stereocenters. The van der Waals surface area contributed by atoms with Gasteiger partial charge in [-0.05, 0) is 38.6 Å². The molecule has 4 nitrogen and oxygen atoms in total. The minimum Gasteiger partial charge on any atom is -0.399 e. The SMILES string of the molecule is Cc1ccc(N)cc1NC(=O)C(C)N(C)CCC(F)(F)F. The van der Waals surface area contributed by atoms with Gasteiger partial charge < -0.3 is 11.1 Å². The van der Waals surface area contributed by atoms with Crippen molar-refractivity contribution in [1.29, 1.82) is 0 Å². The van der Waals surface area contributed by atoms with Crippen LogP contribution in [0.15, 0.2) is 18.2 Å². The van der Waals surface area contributed by atoms with Crippen LogP contribution in [0.2, 0.25) is 0 Å². The van der Waals surface area contributed by atoms with Gasteiger partial charge >= 0.3 is 6.18 Å². The highest BCUT2D eigenvalue weighted by Gasteiger charge is 2.29. The summed E-state index contributed by atoms with van der Waals surface area (Å²) in [5.74, 6) is -0.367. The van der Waals surface area contributed by atoms with Crippen molar-refractivity contribution < 1.29 is 18.0 Å². The zero-order valence-electron chi connectivity index (χ0n) is 12.3. The van der Waals surface area contributed by atoms with Crippen molar-refractivity contribution in [2.75, 3.05) is 24.6 Å². The molecule has 0 radical (unpaired) electrons. The Bertz CT molecular complexity index is 503. The maximum Gasteiger partial charge on any atom is 0.390 e. The smallest absolute Gasteiger partial charge is 0.390 e. The van der Waals surface area contributed by atoms with Gasteiger partial charge in [-0.3, -0.25) is 9.69 Å². The topological polar surface area (TPSA) is 58.4 Å². The number of hydrogen-bond acceptors (Lipinski definition) is 3. The molecular formula is C14H20F3N3O. The minimum atomic E-state index is -4.23. The largest absolute Gasteiger partial charge is 0.399 e. The lowest BCUT2D eigenvalue weighted by molar-refractivity contribution is -0.140.